The molecule has 2 aromatic rings. The number of likely N-dealkylation sites (N-methyl/N-ethyl adjacent to an activating group) is 1. The van der Waals surface area contributed by atoms with Crippen molar-refractivity contribution in [3.8, 4) is 5.75 Å². The Hall–Kier alpha value is -2.02. The molecule has 1 N–H and O–H groups in total. The molecular weight excluding hydrogens is 244 g/mol. The van der Waals surface area contributed by atoms with Crippen LogP contribution in [0, 0.1) is 0 Å². The SMILES string of the molecule is CCNC(Cc1nnn(C)n1)c1ccncc1OC. The summed E-state index contributed by atoms with van der Waals surface area (Å²) < 4.78 is 5.35. The molecule has 0 radical (unpaired) electrons. The molecule has 19 heavy (non-hydrogen) atoms. The van der Waals surface area contributed by atoms with E-state index in [9.17, 15) is 0 Å². The number of nitrogens with one attached hydrogen (secondary N) is 1. The zero-order valence-electron chi connectivity index (χ0n) is 11.4. The third kappa shape index (κ3) is 3.25. The molecular formula is C12H18N6O. The predicted octanol–water partition coefficient (Wildman–Crippen LogP) is 0.507. The van der Waals surface area contributed by atoms with E-state index in [1.807, 2.05) is 6.07 Å². The fourth-order valence-electron chi connectivity index (χ4n) is 1.98. The molecule has 7 heteroatoms. The van der Waals surface area contributed by atoms with Crippen LogP contribution in [0.25, 0.3) is 0 Å². The molecule has 0 bridgehead atoms. The zero-order chi connectivity index (χ0) is 13.7. The highest BCUT2D eigenvalue weighted by molar-refractivity contribution is 5.33. The van der Waals surface area contributed by atoms with Crippen molar-refractivity contribution in [2.45, 2.75) is 19.4 Å². The summed E-state index contributed by atoms with van der Waals surface area (Å²) in [6, 6.07) is 2.02. The fraction of sp³-hybridized carbons (Fsp3) is 0.500. The van der Waals surface area contributed by atoms with Crippen LogP contribution in [0.2, 0.25) is 0 Å². The van der Waals surface area contributed by atoms with Gasteiger partial charge in [0.05, 0.1) is 20.4 Å². The lowest BCUT2D eigenvalue weighted by atomic mass is 10.0. The molecule has 102 valence electrons. The molecule has 0 aliphatic carbocycles. The number of hydrogen-bond donors (Lipinski definition) is 1. The van der Waals surface area contributed by atoms with E-state index in [2.05, 4.69) is 32.6 Å². The maximum absolute atomic E-state index is 5.35. The van der Waals surface area contributed by atoms with Crippen LogP contribution in [0.1, 0.15) is 24.4 Å². The highest BCUT2D eigenvalue weighted by atomic mass is 16.5. The Morgan fingerprint density at radius 1 is 1.47 bits per heavy atom. The number of nitrogens with zero attached hydrogens (tertiary/aromatic N) is 5. The molecule has 2 rings (SSSR count). The van der Waals surface area contributed by atoms with Crippen LogP contribution in [-0.2, 0) is 13.5 Å². The summed E-state index contributed by atoms with van der Waals surface area (Å²) in [6.07, 6.45) is 4.12. The van der Waals surface area contributed by atoms with Gasteiger partial charge in [0.25, 0.3) is 0 Å². The minimum absolute atomic E-state index is 0.0761. The number of pyridine rings is 1. The van der Waals surface area contributed by atoms with E-state index in [1.54, 1.807) is 26.6 Å². The molecule has 7 nitrogen and oxygen atoms in total. The molecule has 1 unspecified atom stereocenters. The van der Waals surface area contributed by atoms with E-state index in [0.717, 1.165) is 17.9 Å². The molecule has 2 heterocycles. The minimum Gasteiger partial charge on any atom is -0.495 e. The van der Waals surface area contributed by atoms with E-state index in [4.69, 9.17) is 4.74 Å². The Balaban J connectivity index is 2.23. The largest absolute Gasteiger partial charge is 0.495 e. The molecule has 1 atom stereocenters. The summed E-state index contributed by atoms with van der Waals surface area (Å²) in [5, 5.41) is 15.5. The second kappa shape index (κ2) is 6.24. The molecule has 2 aromatic heterocycles. The molecule has 0 fully saturated rings. The Bertz CT molecular complexity index is 526. The fourth-order valence-corrected chi connectivity index (χ4v) is 1.98. The third-order valence-corrected chi connectivity index (χ3v) is 2.80. The zero-order valence-corrected chi connectivity index (χ0v) is 11.4. The Kier molecular flexibility index (Phi) is 4.40. The van der Waals surface area contributed by atoms with Crippen LogP contribution in [0.5, 0.6) is 5.75 Å². The Morgan fingerprint density at radius 2 is 2.32 bits per heavy atom. The topological polar surface area (TPSA) is 77.8 Å². The van der Waals surface area contributed by atoms with Crippen LogP contribution in [-0.4, -0.2) is 38.8 Å². The van der Waals surface area contributed by atoms with Crippen molar-refractivity contribution in [3.05, 3.63) is 29.8 Å². The van der Waals surface area contributed by atoms with Gasteiger partial charge in [-0.25, -0.2) is 0 Å². The van der Waals surface area contributed by atoms with E-state index >= 15 is 0 Å². The summed E-state index contributed by atoms with van der Waals surface area (Å²) in [6.45, 7) is 2.90. The number of hydrogen-bond acceptors (Lipinski definition) is 6. The van der Waals surface area contributed by atoms with Crippen LogP contribution < -0.4 is 10.1 Å². The normalized spacial score (nSPS) is 12.4. The van der Waals surface area contributed by atoms with E-state index in [0.29, 0.717) is 12.2 Å². The summed E-state index contributed by atoms with van der Waals surface area (Å²) in [4.78, 5) is 5.53. The van der Waals surface area contributed by atoms with Crippen molar-refractivity contribution in [2.75, 3.05) is 13.7 Å². The molecule has 0 aliphatic rings. The van der Waals surface area contributed by atoms with Crippen molar-refractivity contribution < 1.29 is 4.74 Å². The number of aryl methyl sites for hydroxylation is 1. The van der Waals surface area contributed by atoms with Crippen molar-refractivity contribution in [3.63, 3.8) is 0 Å². The Labute approximate surface area is 112 Å². The number of rotatable bonds is 6. The van der Waals surface area contributed by atoms with Gasteiger partial charge in [-0.3, -0.25) is 4.98 Å². The summed E-state index contributed by atoms with van der Waals surface area (Å²) in [5.74, 6) is 1.46. The van der Waals surface area contributed by atoms with Crippen LogP contribution >= 0.6 is 0 Å². The standard InChI is InChI=1S/C12H18N6O/c1-4-14-10(7-12-15-17-18(2)16-12)9-5-6-13-8-11(9)19-3/h5-6,8,10,14H,4,7H2,1-3H3. The van der Waals surface area contributed by atoms with E-state index in [1.165, 1.54) is 4.80 Å². The van der Waals surface area contributed by atoms with Crippen LogP contribution in [0.3, 0.4) is 0 Å². The van der Waals surface area contributed by atoms with Gasteiger partial charge in [-0.15, -0.1) is 10.2 Å². The van der Waals surface area contributed by atoms with Gasteiger partial charge in [0.1, 0.15) is 5.75 Å². The number of ether oxygens (including phenoxy) is 1. The highest BCUT2D eigenvalue weighted by Gasteiger charge is 2.18. The van der Waals surface area contributed by atoms with Crippen molar-refractivity contribution in [1.29, 1.82) is 0 Å². The first-order valence-electron chi connectivity index (χ1n) is 6.18. The highest BCUT2D eigenvalue weighted by Crippen LogP contribution is 2.25. The molecule has 0 aliphatic heterocycles. The first kappa shape index (κ1) is 13.4. The van der Waals surface area contributed by atoms with Crippen LogP contribution in [0.4, 0.5) is 0 Å². The second-order valence-electron chi connectivity index (χ2n) is 4.13. The maximum Gasteiger partial charge on any atom is 0.176 e. The first-order valence-corrected chi connectivity index (χ1v) is 6.18. The second-order valence-corrected chi connectivity index (χ2v) is 4.13. The van der Waals surface area contributed by atoms with Crippen molar-refractivity contribution >= 4 is 0 Å². The van der Waals surface area contributed by atoms with Gasteiger partial charge in [0, 0.05) is 24.2 Å². The lowest BCUT2D eigenvalue weighted by molar-refractivity contribution is 0.396. The predicted molar refractivity (Wildman–Crippen MR) is 69.7 cm³/mol. The molecule has 0 saturated heterocycles. The minimum atomic E-state index is 0.0761. The Morgan fingerprint density at radius 3 is 2.95 bits per heavy atom. The lowest BCUT2D eigenvalue weighted by Crippen LogP contribution is -2.24. The average molecular weight is 262 g/mol. The van der Waals surface area contributed by atoms with Crippen molar-refractivity contribution in [2.24, 2.45) is 7.05 Å². The summed E-state index contributed by atoms with van der Waals surface area (Å²) >= 11 is 0. The number of methoxy groups -OCH3 is 1. The summed E-state index contributed by atoms with van der Waals surface area (Å²) in [7, 11) is 3.40. The number of aromatic nitrogens is 5. The summed E-state index contributed by atoms with van der Waals surface area (Å²) in [5.41, 5.74) is 1.05. The van der Waals surface area contributed by atoms with Gasteiger partial charge >= 0.3 is 0 Å². The quantitative estimate of drug-likeness (QED) is 0.817. The van der Waals surface area contributed by atoms with Gasteiger partial charge in [0.15, 0.2) is 5.82 Å². The van der Waals surface area contributed by atoms with Crippen LogP contribution in [0.15, 0.2) is 18.5 Å². The molecule has 0 aromatic carbocycles. The molecule has 0 saturated carbocycles. The van der Waals surface area contributed by atoms with Crippen molar-refractivity contribution in [1.82, 2.24) is 30.5 Å². The van der Waals surface area contributed by atoms with Gasteiger partial charge in [0.2, 0.25) is 0 Å². The smallest absolute Gasteiger partial charge is 0.176 e. The molecule has 0 spiro atoms. The van der Waals surface area contributed by atoms with Gasteiger partial charge in [-0.1, -0.05) is 6.92 Å². The first-order chi connectivity index (χ1) is 9.24. The van der Waals surface area contributed by atoms with Gasteiger partial charge in [-0.2, -0.15) is 4.80 Å². The third-order valence-electron chi connectivity index (χ3n) is 2.80. The molecule has 0 amide bonds. The lowest BCUT2D eigenvalue weighted by Gasteiger charge is -2.18. The van der Waals surface area contributed by atoms with E-state index < -0.39 is 0 Å². The van der Waals surface area contributed by atoms with Gasteiger partial charge in [-0.05, 0) is 17.8 Å². The number of tetrazole rings is 1. The van der Waals surface area contributed by atoms with E-state index in [-0.39, 0.29) is 6.04 Å². The van der Waals surface area contributed by atoms with Gasteiger partial charge < -0.3 is 10.1 Å². The average Bonchev–Trinajstić information content (AvgIpc) is 2.84. The maximum atomic E-state index is 5.35. The monoisotopic (exact) mass is 262 g/mol.